The lowest BCUT2D eigenvalue weighted by atomic mass is 9.86. The van der Waals surface area contributed by atoms with E-state index < -0.39 is 6.04 Å². The lowest BCUT2D eigenvalue weighted by Crippen LogP contribution is -2.47. The molecule has 2 aromatic rings. The highest BCUT2D eigenvalue weighted by molar-refractivity contribution is 6.30. The third-order valence-corrected chi connectivity index (χ3v) is 5.68. The van der Waals surface area contributed by atoms with Crippen LogP contribution in [0.3, 0.4) is 0 Å². The normalized spacial score (nSPS) is 12.3. The number of hydrogen-bond acceptors (Lipinski definition) is 2. The second-order valence-corrected chi connectivity index (χ2v) is 9.50. The molecule has 2 rings (SSSR count). The minimum atomic E-state index is -0.544. The largest absolute Gasteiger partial charge is 0.354 e. The van der Waals surface area contributed by atoms with Crippen molar-refractivity contribution in [2.45, 2.75) is 71.9 Å². The molecule has 0 aliphatic heterocycles. The molecule has 0 aliphatic carbocycles. The van der Waals surface area contributed by atoms with Gasteiger partial charge in [0.1, 0.15) is 6.04 Å². The van der Waals surface area contributed by atoms with Crippen molar-refractivity contribution in [1.29, 1.82) is 0 Å². The van der Waals surface area contributed by atoms with Gasteiger partial charge < -0.3 is 10.2 Å². The van der Waals surface area contributed by atoms with Crippen molar-refractivity contribution < 1.29 is 9.59 Å². The maximum atomic E-state index is 13.2. The number of aryl methyl sites for hydroxylation is 1. The monoisotopic (exact) mass is 442 g/mol. The van der Waals surface area contributed by atoms with E-state index in [9.17, 15) is 9.59 Å². The number of halogens is 1. The van der Waals surface area contributed by atoms with Gasteiger partial charge in [0.25, 0.3) is 0 Å². The number of rotatable bonds is 9. The van der Waals surface area contributed by atoms with Crippen molar-refractivity contribution in [3.05, 3.63) is 70.2 Å². The Bertz CT molecular complexity index is 854. The zero-order valence-corrected chi connectivity index (χ0v) is 20.1. The molecule has 4 nitrogen and oxygen atoms in total. The second kappa shape index (κ2) is 11.3. The van der Waals surface area contributed by atoms with Gasteiger partial charge in [0.05, 0.1) is 0 Å². The summed E-state index contributed by atoms with van der Waals surface area (Å²) < 4.78 is 0. The molecule has 0 heterocycles. The molecule has 0 aromatic heterocycles. The molecule has 0 unspecified atom stereocenters. The first kappa shape index (κ1) is 24.9. The minimum absolute atomic E-state index is 0.0333. The molecule has 2 aromatic carbocycles. The van der Waals surface area contributed by atoms with Gasteiger partial charge in [-0.25, -0.2) is 0 Å². The SMILES string of the molecule is CCCNC(=O)[C@@H](C)N(Cc1ccc(Cl)cc1)C(=O)CCc1ccc(C(C)(C)C)cc1. The Hall–Kier alpha value is -2.33. The highest BCUT2D eigenvalue weighted by Crippen LogP contribution is 2.23. The lowest BCUT2D eigenvalue weighted by molar-refractivity contribution is -0.140. The maximum absolute atomic E-state index is 13.2. The molecule has 2 amide bonds. The van der Waals surface area contributed by atoms with Gasteiger partial charge in [-0.15, -0.1) is 0 Å². The molecule has 1 atom stereocenters. The highest BCUT2D eigenvalue weighted by Gasteiger charge is 2.25. The molecule has 0 spiro atoms. The summed E-state index contributed by atoms with van der Waals surface area (Å²) in [5, 5.41) is 3.55. The third kappa shape index (κ3) is 7.70. The van der Waals surface area contributed by atoms with Gasteiger partial charge in [0, 0.05) is 24.5 Å². The van der Waals surface area contributed by atoms with E-state index in [2.05, 4.69) is 50.4 Å². The Morgan fingerprint density at radius 2 is 1.58 bits per heavy atom. The van der Waals surface area contributed by atoms with E-state index in [4.69, 9.17) is 11.6 Å². The average molecular weight is 443 g/mol. The van der Waals surface area contributed by atoms with Crippen LogP contribution in [0.5, 0.6) is 0 Å². The van der Waals surface area contributed by atoms with Crippen molar-refractivity contribution in [2.75, 3.05) is 6.54 Å². The topological polar surface area (TPSA) is 49.4 Å². The molecular formula is C26H35ClN2O2. The quantitative estimate of drug-likeness (QED) is 0.556. The molecule has 168 valence electrons. The van der Waals surface area contributed by atoms with E-state index in [1.54, 1.807) is 24.0 Å². The molecule has 5 heteroatoms. The smallest absolute Gasteiger partial charge is 0.242 e. The number of carbonyl (C=O) groups excluding carboxylic acids is 2. The molecule has 1 N–H and O–H groups in total. The molecule has 0 fully saturated rings. The van der Waals surface area contributed by atoms with E-state index in [-0.39, 0.29) is 17.2 Å². The molecule has 0 bridgehead atoms. The summed E-state index contributed by atoms with van der Waals surface area (Å²) in [5.74, 6) is -0.160. The van der Waals surface area contributed by atoms with Crippen LogP contribution in [0, 0.1) is 0 Å². The summed E-state index contributed by atoms with van der Waals surface area (Å²) in [6.07, 6.45) is 1.85. The van der Waals surface area contributed by atoms with Crippen LogP contribution in [0.25, 0.3) is 0 Å². The van der Waals surface area contributed by atoms with Crippen LogP contribution in [-0.4, -0.2) is 29.3 Å². The molecule has 0 saturated heterocycles. The molecule has 31 heavy (non-hydrogen) atoms. The zero-order chi connectivity index (χ0) is 23.0. The Kier molecular flexibility index (Phi) is 9.12. The van der Waals surface area contributed by atoms with Gasteiger partial charge >= 0.3 is 0 Å². The van der Waals surface area contributed by atoms with Crippen molar-refractivity contribution >= 4 is 23.4 Å². The number of nitrogens with zero attached hydrogens (tertiary/aromatic N) is 1. The first-order valence-electron chi connectivity index (χ1n) is 11.0. The maximum Gasteiger partial charge on any atom is 0.242 e. The Labute approximate surface area is 192 Å². The fraction of sp³-hybridized carbons (Fsp3) is 0.462. The Morgan fingerprint density at radius 1 is 1.00 bits per heavy atom. The highest BCUT2D eigenvalue weighted by atomic mass is 35.5. The van der Waals surface area contributed by atoms with Crippen LogP contribution in [0.2, 0.25) is 5.02 Å². The predicted octanol–water partition coefficient (Wildman–Crippen LogP) is 5.51. The van der Waals surface area contributed by atoms with Gasteiger partial charge in [0.15, 0.2) is 0 Å². The van der Waals surface area contributed by atoms with E-state index in [1.165, 1.54) is 5.56 Å². The summed E-state index contributed by atoms with van der Waals surface area (Å²) in [5.41, 5.74) is 3.44. The molecule has 0 aliphatic rings. The summed E-state index contributed by atoms with van der Waals surface area (Å²) in [6.45, 7) is 11.3. The number of nitrogens with one attached hydrogen (secondary N) is 1. The average Bonchev–Trinajstić information content (AvgIpc) is 2.74. The van der Waals surface area contributed by atoms with Crippen LogP contribution in [0.4, 0.5) is 0 Å². The van der Waals surface area contributed by atoms with Crippen molar-refractivity contribution in [2.24, 2.45) is 0 Å². The number of hydrogen-bond donors (Lipinski definition) is 1. The number of benzene rings is 2. The predicted molar refractivity (Wildman–Crippen MR) is 128 cm³/mol. The zero-order valence-electron chi connectivity index (χ0n) is 19.4. The third-order valence-electron chi connectivity index (χ3n) is 5.43. The van der Waals surface area contributed by atoms with Crippen LogP contribution in [-0.2, 0) is 28.0 Å². The van der Waals surface area contributed by atoms with Gasteiger partial charge in [-0.2, -0.15) is 0 Å². The minimum Gasteiger partial charge on any atom is -0.354 e. The second-order valence-electron chi connectivity index (χ2n) is 9.06. The fourth-order valence-electron chi connectivity index (χ4n) is 3.33. The molecule has 0 saturated carbocycles. The first-order valence-corrected chi connectivity index (χ1v) is 11.4. The first-order chi connectivity index (χ1) is 14.6. The van der Waals surface area contributed by atoms with Gasteiger partial charge in [-0.1, -0.05) is 75.7 Å². The van der Waals surface area contributed by atoms with Crippen LogP contribution >= 0.6 is 11.6 Å². The standard InChI is InChI=1S/C26H35ClN2O2/c1-6-17-28-25(31)19(2)29(18-21-9-14-23(27)15-10-21)24(30)16-11-20-7-12-22(13-8-20)26(3,4)5/h7-10,12-15,19H,6,11,16-18H2,1-5H3,(H,28,31)/t19-/m1/s1. The Morgan fingerprint density at radius 3 is 2.13 bits per heavy atom. The van der Waals surface area contributed by atoms with Crippen LogP contribution in [0.1, 0.15) is 64.2 Å². The van der Waals surface area contributed by atoms with E-state index in [1.807, 2.05) is 19.1 Å². The summed E-state index contributed by atoms with van der Waals surface area (Å²) in [7, 11) is 0. The molecule has 0 radical (unpaired) electrons. The number of carbonyl (C=O) groups is 2. The lowest BCUT2D eigenvalue weighted by Gasteiger charge is -2.29. The fourth-order valence-corrected chi connectivity index (χ4v) is 3.46. The van der Waals surface area contributed by atoms with Crippen molar-refractivity contribution in [1.82, 2.24) is 10.2 Å². The summed E-state index contributed by atoms with van der Waals surface area (Å²) in [6, 6.07) is 15.3. The van der Waals surface area contributed by atoms with E-state index in [0.717, 1.165) is 17.5 Å². The van der Waals surface area contributed by atoms with E-state index in [0.29, 0.717) is 31.0 Å². The van der Waals surface area contributed by atoms with Crippen molar-refractivity contribution in [3.63, 3.8) is 0 Å². The molecular weight excluding hydrogens is 408 g/mol. The van der Waals surface area contributed by atoms with Crippen LogP contribution < -0.4 is 5.32 Å². The van der Waals surface area contributed by atoms with Crippen molar-refractivity contribution in [3.8, 4) is 0 Å². The van der Waals surface area contributed by atoms with Gasteiger partial charge in [-0.3, -0.25) is 9.59 Å². The summed E-state index contributed by atoms with van der Waals surface area (Å²) >= 11 is 5.99. The van der Waals surface area contributed by atoms with E-state index >= 15 is 0 Å². The summed E-state index contributed by atoms with van der Waals surface area (Å²) in [4.78, 5) is 27.4. The van der Waals surface area contributed by atoms with Gasteiger partial charge in [0.2, 0.25) is 11.8 Å². The van der Waals surface area contributed by atoms with Crippen LogP contribution in [0.15, 0.2) is 48.5 Å². The number of amides is 2. The van der Waals surface area contributed by atoms with Gasteiger partial charge in [-0.05, 0) is 54.0 Å². The Balaban J connectivity index is 2.10.